The predicted molar refractivity (Wildman–Crippen MR) is 100 cm³/mol. The normalized spacial score (nSPS) is 13.1. The monoisotopic (exact) mass is 350 g/mol. The van der Waals surface area contributed by atoms with Crippen molar-refractivity contribution in [2.24, 2.45) is 4.99 Å². The van der Waals surface area contributed by atoms with Gasteiger partial charge in [-0.2, -0.15) is 5.26 Å². The van der Waals surface area contributed by atoms with Crippen LogP contribution in [0.25, 0.3) is 0 Å². The molecule has 2 aromatic rings. The highest BCUT2D eigenvalue weighted by atomic mass is 32.1. The maximum absolute atomic E-state index is 9.49. The summed E-state index contributed by atoms with van der Waals surface area (Å²) in [6.45, 7) is 0.191. The van der Waals surface area contributed by atoms with Crippen LogP contribution < -0.4 is 9.47 Å². The summed E-state index contributed by atoms with van der Waals surface area (Å²) in [6, 6.07) is 7.86. The minimum Gasteiger partial charge on any atom is -0.493 e. The molecule has 0 saturated carbocycles. The first-order valence-electron chi connectivity index (χ1n) is 8.09. The zero-order valence-corrected chi connectivity index (χ0v) is 14.9. The second-order valence-corrected chi connectivity index (χ2v) is 6.75. The van der Waals surface area contributed by atoms with Gasteiger partial charge in [-0.15, -0.1) is 17.8 Å². The number of terminal acetylenes is 1. The molecule has 5 heteroatoms. The summed E-state index contributed by atoms with van der Waals surface area (Å²) in [6.07, 6.45) is 11.4. The average Bonchev–Trinajstić information content (AvgIpc) is 3.02. The van der Waals surface area contributed by atoms with Crippen LogP contribution in [0, 0.1) is 23.7 Å². The maximum Gasteiger partial charge on any atom is 0.162 e. The van der Waals surface area contributed by atoms with Gasteiger partial charge < -0.3 is 9.47 Å². The first kappa shape index (κ1) is 17.1. The fourth-order valence-corrected chi connectivity index (χ4v) is 4.08. The lowest BCUT2D eigenvalue weighted by atomic mass is 9.96. The minimum atomic E-state index is 0.191. The molecule has 0 atom stereocenters. The van der Waals surface area contributed by atoms with Crippen molar-refractivity contribution in [3.63, 3.8) is 0 Å². The zero-order valence-electron chi connectivity index (χ0n) is 14.0. The van der Waals surface area contributed by atoms with Crippen LogP contribution in [0.4, 0.5) is 5.00 Å². The second-order valence-electron chi connectivity index (χ2n) is 5.66. The molecular formula is C20H18N2O2S. The zero-order chi connectivity index (χ0) is 17.6. The van der Waals surface area contributed by atoms with Crippen LogP contribution in [-0.4, -0.2) is 19.9 Å². The van der Waals surface area contributed by atoms with Crippen LogP contribution in [-0.2, 0) is 12.8 Å². The van der Waals surface area contributed by atoms with Crippen molar-refractivity contribution in [3.05, 3.63) is 39.8 Å². The summed E-state index contributed by atoms with van der Waals surface area (Å²) in [5, 5.41) is 10.3. The van der Waals surface area contributed by atoms with E-state index in [9.17, 15) is 5.26 Å². The van der Waals surface area contributed by atoms with E-state index in [1.165, 1.54) is 16.9 Å². The molecule has 0 radical (unpaired) electrons. The van der Waals surface area contributed by atoms with Crippen molar-refractivity contribution >= 4 is 22.6 Å². The van der Waals surface area contributed by atoms with Gasteiger partial charge in [0.25, 0.3) is 0 Å². The molecule has 0 spiro atoms. The first-order chi connectivity index (χ1) is 12.3. The number of aryl methyl sites for hydroxylation is 1. The van der Waals surface area contributed by atoms with Crippen molar-refractivity contribution in [1.29, 1.82) is 5.26 Å². The smallest absolute Gasteiger partial charge is 0.162 e. The SMILES string of the molecule is C#CCOc1ccc(C=Nc2sc3c(c2C#N)CCCC3)cc1OC. The van der Waals surface area contributed by atoms with Gasteiger partial charge in [0.1, 0.15) is 17.7 Å². The molecule has 0 bridgehead atoms. The van der Waals surface area contributed by atoms with Gasteiger partial charge in [0.2, 0.25) is 0 Å². The number of thiophene rings is 1. The van der Waals surface area contributed by atoms with E-state index in [1.54, 1.807) is 24.7 Å². The third-order valence-electron chi connectivity index (χ3n) is 4.09. The molecule has 0 amide bonds. The van der Waals surface area contributed by atoms with E-state index in [2.05, 4.69) is 17.0 Å². The highest BCUT2D eigenvalue weighted by molar-refractivity contribution is 7.16. The molecule has 25 heavy (non-hydrogen) atoms. The molecule has 0 saturated heterocycles. The summed E-state index contributed by atoms with van der Waals surface area (Å²) in [5.41, 5.74) is 2.80. The Bertz CT molecular complexity index is 884. The van der Waals surface area contributed by atoms with Gasteiger partial charge in [-0.05, 0) is 55.0 Å². The van der Waals surface area contributed by atoms with Crippen molar-refractivity contribution in [2.45, 2.75) is 25.7 Å². The Morgan fingerprint density at radius 1 is 1.32 bits per heavy atom. The first-order valence-corrected chi connectivity index (χ1v) is 8.91. The Labute approximate surface area is 151 Å². The molecule has 3 rings (SSSR count). The Hall–Kier alpha value is -2.76. The lowest BCUT2D eigenvalue weighted by Crippen LogP contribution is -1.99. The Balaban J connectivity index is 1.86. The highest BCUT2D eigenvalue weighted by Crippen LogP contribution is 2.39. The number of nitriles is 1. The van der Waals surface area contributed by atoms with Crippen molar-refractivity contribution < 1.29 is 9.47 Å². The number of aliphatic imine (C=N–C) groups is 1. The van der Waals surface area contributed by atoms with Gasteiger partial charge in [0.05, 0.1) is 12.7 Å². The Kier molecular flexibility index (Phi) is 5.38. The lowest BCUT2D eigenvalue weighted by Gasteiger charge is -2.09. The number of methoxy groups -OCH3 is 1. The van der Waals surface area contributed by atoms with E-state index >= 15 is 0 Å². The van der Waals surface area contributed by atoms with Gasteiger partial charge in [-0.3, -0.25) is 0 Å². The molecule has 0 unspecified atom stereocenters. The van der Waals surface area contributed by atoms with Gasteiger partial charge >= 0.3 is 0 Å². The highest BCUT2D eigenvalue weighted by Gasteiger charge is 2.20. The number of ether oxygens (including phenoxy) is 2. The van der Waals surface area contributed by atoms with E-state index in [0.717, 1.165) is 35.4 Å². The molecule has 0 N–H and O–H groups in total. The number of benzene rings is 1. The summed E-state index contributed by atoms with van der Waals surface area (Å²) in [7, 11) is 1.58. The standard InChI is InChI=1S/C20H18N2O2S/c1-3-10-24-17-9-8-14(11-18(17)23-2)13-22-20-16(12-21)15-6-4-5-7-19(15)25-20/h1,8-9,11,13H,4-7,10H2,2H3. The number of hydrogen-bond acceptors (Lipinski definition) is 5. The third-order valence-corrected chi connectivity index (χ3v) is 5.29. The Morgan fingerprint density at radius 2 is 2.16 bits per heavy atom. The number of fused-ring (bicyclic) bond motifs is 1. The summed E-state index contributed by atoms with van der Waals surface area (Å²) in [4.78, 5) is 5.87. The molecule has 4 nitrogen and oxygen atoms in total. The van der Waals surface area contributed by atoms with Crippen LogP contribution in [0.3, 0.4) is 0 Å². The molecule has 1 aliphatic carbocycles. The molecule has 1 aliphatic rings. The van der Waals surface area contributed by atoms with E-state index in [0.29, 0.717) is 11.5 Å². The number of nitrogens with zero attached hydrogens (tertiary/aromatic N) is 2. The summed E-state index contributed by atoms with van der Waals surface area (Å²) < 4.78 is 10.8. The van der Waals surface area contributed by atoms with Gasteiger partial charge in [0.15, 0.2) is 11.5 Å². The van der Waals surface area contributed by atoms with Crippen molar-refractivity contribution in [3.8, 4) is 29.9 Å². The third kappa shape index (κ3) is 3.68. The molecule has 0 fully saturated rings. The van der Waals surface area contributed by atoms with Gasteiger partial charge in [-0.1, -0.05) is 5.92 Å². The van der Waals surface area contributed by atoms with Gasteiger partial charge in [-0.25, -0.2) is 4.99 Å². The average molecular weight is 350 g/mol. The topological polar surface area (TPSA) is 54.6 Å². The van der Waals surface area contributed by atoms with E-state index in [1.807, 2.05) is 18.2 Å². The van der Waals surface area contributed by atoms with Crippen LogP contribution in [0.2, 0.25) is 0 Å². The number of rotatable bonds is 5. The molecule has 1 aromatic heterocycles. The van der Waals surface area contributed by atoms with Crippen LogP contribution in [0.1, 0.15) is 34.4 Å². The van der Waals surface area contributed by atoms with Crippen molar-refractivity contribution in [1.82, 2.24) is 0 Å². The summed E-state index contributed by atoms with van der Waals surface area (Å²) >= 11 is 1.63. The molecule has 1 heterocycles. The summed E-state index contributed by atoms with van der Waals surface area (Å²) in [5.74, 6) is 3.63. The fourth-order valence-electron chi connectivity index (χ4n) is 2.89. The maximum atomic E-state index is 9.49. The van der Waals surface area contributed by atoms with Crippen LogP contribution in [0.15, 0.2) is 23.2 Å². The molecule has 1 aromatic carbocycles. The van der Waals surface area contributed by atoms with Gasteiger partial charge in [0, 0.05) is 11.1 Å². The molecule has 126 valence electrons. The minimum absolute atomic E-state index is 0.191. The number of hydrogen-bond donors (Lipinski definition) is 0. The van der Waals surface area contributed by atoms with Crippen LogP contribution in [0.5, 0.6) is 11.5 Å². The second kappa shape index (κ2) is 7.88. The predicted octanol–water partition coefficient (Wildman–Crippen LogP) is 4.27. The largest absolute Gasteiger partial charge is 0.493 e. The quantitative estimate of drug-likeness (QED) is 0.598. The van der Waals surface area contributed by atoms with E-state index < -0.39 is 0 Å². The lowest BCUT2D eigenvalue weighted by molar-refractivity contribution is 0.331. The Morgan fingerprint density at radius 3 is 2.92 bits per heavy atom. The van der Waals surface area contributed by atoms with Crippen LogP contribution >= 0.6 is 11.3 Å². The molecule has 0 aliphatic heterocycles. The fraction of sp³-hybridized carbons (Fsp3) is 0.300. The van der Waals surface area contributed by atoms with Crippen molar-refractivity contribution in [2.75, 3.05) is 13.7 Å². The van der Waals surface area contributed by atoms with E-state index in [4.69, 9.17) is 15.9 Å². The van der Waals surface area contributed by atoms with E-state index in [-0.39, 0.29) is 6.61 Å². The molecular weight excluding hydrogens is 332 g/mol.